The van der Waals surface area contributed by atoms with Gasteiger partial charge in [0.25, 0.3) is 5.91 Å². The number of nitrogens with zero attached hydrogens (tertiary/aromatic N) is 1. The molecule has 0 saturated heterocycles. The summed E-state index contributed by atoms with van der Waals surface area (Å²) in [6.45, 7) is 2.91. The summed E-state index contributed by atoms with van der Waals surface area (Å²) in [6, 6.07) is 10.8. The molecule has 0 saturated carbocycles. The van der Waals surface area contributed by atoms with Gasteiger partial charge in [0, 0.05) is 25.4 Å². The number of ether oxygens (including phenoxy) is 1. The van der Waals surface area contributed by atoms with Crippen LogP contribution in [0.4, 0.5) is 0 Å². The van der Waals surface area contributed by atoms with Crippen LogP contribution in [0.5, 0.6) is 17.2 Å². The summed E-state index contributed by atoms with van der Waals surface area (Å²) < 4.78 is 5.83. The molecule has 41 heavy (non-hydrogen) atoms. The van der Waals surface area contributed by atoms with E-state index in [1.165, 1.54) is 32.0 Å². The van der Waals surface area contributed by atoms with Crippen molar-refractivity contribution in [1.29, 1.82) is 0 Å². The molecule has 2 aromatic carbocycles. The molecule has 5 rings (SSSR count). The SMILES string of the molecule is C[C@@H]1NC(=O)[C@H]([C@@H](C)O)NC(=O)c2cc(ccc2O)Oc2ccc(cc2)C[C@@H](C(=O)NCc2cccnc2)NC1=O. The highest BCUT2D eigenvalue weighted by Gasteiger charge is 2.31. The molecule has 2 aliphatic rings. The van der Waals surface area contributed by atoms with E-state index in [0.29, 0.717) is 5.75 Å². The molecule has 4 atom stereocenters. The zero-order chi connectivity index (χ0) is 29.5. The van der Waals surface area contributed by atoms with Crippen LogP contribution in [0, 0.1) is 0 Å². The number of hydrogen-bond acceptors (Lipinski definition) is 8. The molecule has 12 nitrogen and oxygen atoms in total. The number of aromatic nitrogens is 1. The number of phenolic OH excluding ortho intramolecular Hbond substituents is 1. The first-order valence-electron chi connectivity index (χ1n) is 13.0. The van der Waals surface area contributed by atoms with Crippen molar-refractivity contribution in [2.75, 3.05) is 0 Å². The van der Waals surface area contributed by atoms with Crippen LogP contribution in [0.3, 0.4) is 0 Å². The van der Waals surface area contributed by atoms with Gasteiger partial charge in [-0.3, -0.25) is 24.2 Å². The van der Waals surface area contributed by atoms with Crippen molar-refractivity contribution in [3.05, 3.63) is 83.7 Å². The normalized spacial score (nSPS) is 20.4. The van der Waals surface area contributed by atoms with Gasteiger partial charge in [-0.05, 0) is 61.4 Å². The van der Waals surface area contributed by atoms with E-state index in [4.69, 9.17) is 4.74 Å². The maximum absolute atomic E-state index is 13.2. The van der Waals surface area contributed by atoms with Gasteiger partial charge in [-0.15, -0.1) is 0 Å². The van der Waals surface area contributed by atoms with Crippen LogP contribution < -0.4 is 26.0 Å². The molecule has 1 aromatic heterocycles. The third-order valence-corrected chi connectivity index (χ3v) is 6.44. The van der Waals surface area contributed by atoms with Gasteiger partial charge in [-0.2, -0.15) is 0 Å². The predicted octanol–water partition coefficient (Wildman–Crippen LogP) is 0.921. The van der Waals surface area contributed by atoms with E-state index in [0.717, 1.165) is 11.1 Å². The topological polar surface area (TPSA) is 179 Å². The Morgan fingerprint density at radius 1 is 1.05 bits per heavy atom. The molecule has 3 heterocycles. The Bertz CT molecular complexity index is 1410. The molecule has 0 radical (unpaired) electrons. The largest absolute Gasteiger partial charge is 0.507 e. The van der Waals surface area contributed by atoms with E-state index in [1.54, 1.807) is 48.8 Å². The van der Waals surface area contributed by atoms with Crippen molar-refractivity contribution < 1.29 is 34.1 Å². The lowest BCUT2D eigenvalue weighted by Crippen LogP contribution is -2.58. The predicted molar refractivity (Wildman–Crippen MR) is 147 cm³/mol. The van der Waals surface area contributed by atoms with Crippen molar-refractivity contribution in [3.63, 3.8) is 0 Å². The van der Waals surface area contributed by atoms with Crippen molar-refractivity contribution in [2.45, 2.75) is 51.0 Å². The first-order valence-corrected chi connectivity index (χ1v) is 13.0. The molecule has 6 N–H and O–H groups in total. The van der Waals surface area contributed by atoms with Crippen LogP contribution in [-0.4, -0.2) is 63.1 Å². The average Bonchev–Trinajstić information content (AvgIpc) is 2.95. The first kappa shape index (κ1) is 29.0. The second-order valence-corrected chi connectivity index (χ2v) is 9.69. The number of aliphatic hydroxyl groups is 1. The summed E-state index contributed by atoms with van der Waals surface area (Å²) in [4.78, 5) is 56.2. The molecule has 3 aromatic rings. The van der Waals surface area contributed by atoms with Crippen LogP contribution >= 0.6 is 0 Å². The van der Waals surface area contributed by atoms with Gasteiger partial charge in [0.2, 0.25) is 17.7 Å². The Morgan fingerprint density at radius 3 is 2.46 bits per heavy atom. The fraction of sp³-hybridized carbons (Fsp3) is 0.276. The average molecular weight is 562 g/mol. The molecular weight excluding hydrogens is 530 g/mol. The minimum absolute atomic E-state index is 0.140. The van der Waals surface area contributed by atoms with E-state index in [1.807, 2.05) is 0 Å². The maximum atomic E-state index is 13.2. The lowest BCUT2D eigenvalue weighted by Gasteiger charge is -2.25. The van der Waals surface area contributed by atoms with E-state index in [9.17, 15) is 29.4 Å². The molecule has 2 aliphatic heterocycles. The number of carbonyl (C=O) groups excluding carboxylic acids is 4. The number of nitrogens with one attached hydrogen (secondary N) is 4. The molecule has 4 amide bonds. The number of rotatable bonds is 4. The standard InChI is InChI=1S/C29H31N5O7/c1-16-26(37)33-23(28(39)31-15-19-4-3-11-30-14-19)12-18-5-7-20(8-6-18)41-21-9-10-24(36)22(13-21)27(38)34-25(17(2)35)29(40)32-16/h3-11,13-14,16-17,23,25,35-36H,12,15H2,1-2H3,(H,31,39)(H,32,40)(H,33,37)(H,34,38)/t16-,17+,23-,25-/m0/s1. The summed E-state index contributed by atoms with van der Waals surface area (Å²) in [5.74, 6) is -2.46. The Labute approximate surface area is 236 Å². The second kappa shape index (κ2) is 12.9. The number of aromatic hydroxyl groups is 1. The number of pyridine rings is 1. The van der Waals surface area contributed by atoms with E-state index in [2.05, 4.69) is 26.3 Å². The molecule has 0 aliphatic carbocycles. The summed E-state index contributed by atoms with van der Waals surface area (Å²) >= 11 is 0. The third kappa shape index (κ3) is 7.57. The number of benzene rings is 2. The molecular formula is C29H31N5O7. The molecule has 12 heteroatoms. The zero-order valence-corrected chi connectivity index (χ0v) is 22.5. The van der Waals surface area contributed by atoms with Gasteiger partial charge in [-0.25, -0.2) is 0 Å². The van der Waals surface area contributed by atoms with Crippen LogP contribution in [0.25, 0.3) is 0 Å². The van der Waals surface area contributed by atoms with Gasteiger partial charge >= 0.3 is 0 Å². The minimum atomic E-state index is -1.45. The minimum Gasteiger partial charge on any atom is -0.507 e. The lowest BCUT2D eigenvalue weighted by molar-refractivity contribution is -0.133. The van der Waals surface area contributed by atoms with Gasteiger partial charge in [0.1, 0.15) is 35.4 Å². The highest BCUT2D eigenvalue weighted by Crippen LogP contribution is 2.28. The summed E-state index contributed by atoms with van der Waals surface area (Å²) in [6.07, 6.45) is 2.04. The third-order valence-electron chi connectivity index (χ3n) is 6.44. The Kier molecular flexibility index (Phi) is 9.15. The zero-order valence-electron chi connectivity index (χ0n) is 22.5. The first-order chi connectivity index (χ1) is 19.6. The smallest absolute Gasteiger partial charge is 0.255 e. The maximum Gasteiger partial charge on any atom is 0.255 e. The van der Waals surface area contributed by atoms with E-state index in [-0.39, 0.29) is 30.0 Å². The Balaban J connectivity index is 1.64. The van der Waals surface area contributed by atoms with E-state index < -0.39 is 47.9 Å². The number of fused-ring (bicyclic) bond motifs is 11. The summed E-state index contributed by atoms with van der Waals surface area (Å²) in [5.41, 5.74) is 1.32. The highest BCUT2D eigenvalue weighted by molar-refractivity contribution is 6.00. The number of aliphatic hydroxyl groups excluding tert-OH is 1. The molecule has 4 bridgehead atoms. The summed E-state index contributed by atoms with van der Waals surface area (Å²) in [7, 11) is 0. The highest BCUT2D eigenvalue weighted by atomic mass is 16.5. The Hall–Kier alpha value is -4.97. The van der Waals surface area contributed by atoms with Crippen LogP contribution in [0.1, 0.15) is 35.3 Å². The number of carbonyl (C=O) groups is 4. The van der Waals surface area contributed by atoms with Crippen molar-refractivity contribution in [3.8, 4) is 17.2 Å². The molecule has 0 fully saturated rings. The fourth-order valence-electron chi connectivity index (χ4n) is 4.14. The van der Waals surface area contributed by atoms with Crippen LogP contribution in [0.2, 0.25) is 0 Å². The van der Waals surface area contributed by atoms with Crippen LogP contribution in [-0.2, 0) is 27.3 Å². The van der Waals surface area contributed by atoms with Crippen LogP contribution in [0.15, 0.2) is 67.0 Å². The quantitative estimate of drug-likeness (QED) is 0.255. The van der Waals surface area contributed by atoms with Crippen molar-refractivity contribution >= 4 is 23.6 Å². The van der Waals surface area contributed by atoms with Crippen molar-refractivity contribution in [1.82, 2.24) is 26.3 Å². The second-order valence-electron chi connectivity index (χ2n) is 9.69. The van der Waals surface area contributed by atoms with Gasteiger partial charge in [0.15, 0.2) is 0 Å². The number of phenols is 1. The number of amides is 4. The van der Waals surface area contributed by atoms with E-state index >= 15 is 0 Å². The van der Waals surface area contributed by atoms with Gasteiger partial charge < -0.3 is 36.2 Å². The van der Waals surface area contributed by atoms with Gasteiger partial charge in [0.05, 0.1) is 11.7 Å². The van der Waals surface area contributed by atoms with Crippen molar-refractivity contribution in [2.24, 2.45) is 0 Å². The molecule has 214 valence electrons. The summed E-state index contributed by atoms with van der Waals surface area (Å²) in [5, 5.41) is 30.8. The Morgan fingerprint density at radius 2 is 1.78 bits per heavy atom. The fourth-order valence-corrected chi connectivity index (χ4v) is 4.14. The molecule has 0 unspecified atom stereocenters. The monoisotopic (exact) mass is 561 g/mol. The molecule has 0 spiro atoms. The van der Waals surface area contributed by atoms with Gasteiger partial charge in [-0.1, -0.05) is 18.2 Å². The number of hydrogen-bond donors (Lipinski definition) is 6. The lowest BCUT2D eigenvalue weighted by atomic mass is 10.0.